The van der Waals surface area contributed by atoms with E-state index in [2.05, 4.69) is 40.3 Å². The third-order valence-electron chi connectivity index (χ3n) is 4.49. The first-order valence-corrected chi connectivity index (χ1v) is 11.6. The first-order valence-electron chi connectivity index (χ1n) is 9.94. The normalized spacial score (nSPS) is 11.0. The number of benzene rings is 2. The van der Waals surface area contributed by atoms with Crippen molar-refractivity contribution in [3.8, 4) is 11.5 Å². The molecule has 0 aliphatic rings. The molecule has 3 aromatic rings. The van der Waals surface area contributed by atoms with Crippen molar-refractivity contribution in [2.24, 2.45) is 5.10 Å². The van der Waals surface area contributed by atoms with Gasteiger partial charge in [0.25, 0.3) is 5.91 Å². The van der Waals surface area contributed by atoms with Gasteiger partial charge in [0.15, 0.2) is 6.61 Å². The van der Waals surface area contributed by atoms with E-state index < -0.39 is 5.97 Å². The molecule has 0 radical (unpaired) electrons. The number of thiophene rings is 1. The van der Waals surface area contributed by atoms with E-state index in [-0.39, 0.29) is 18.4 Å². The van der Waals surface area contributed by atoms with Gasteiger partial charge in [0.05, 0.1) is 6.21 Å². The molecule has 166 valence electrons. The number of rotatable bonds is 8. The number of carbonyl (C=O) groups is 2. The van der Waals surface area contributed by atoms with Gasteiger partial charge in [-0.2, -0.15) is 5.10 Å². The minimum atomic E-state index is -0.393. The van der Waals surface area contributed by atoms with Crippen LogP contribution < -0.4 is 14.9 Å². The molecule has 2 aromatic carbocycles. The van der Waals surface area contributed by atoms with E-state index >= 15 is 0 Å². The minimum Gasteiger partial charge on any atom is -0.483 e. The molecular weight excluding hydrogens is 492 g/mol. The van der Waals surface area contributed by atoms with Crippen LogP contribution in [-0.4, -0.2) is 24.7 Å². The van der Waals surface area contributed by atoms with Gasteiger partial charge in [-0.15, -0.1) is 11.3 Å². The molecule has 1 heterocycles. The van der Waals surface area contributed by atoms with Crippen molar-refractivity contribution < 1.29 is 19.1 Å². The zero-order valence-corrected chi connectivity index (χ0v) is 20.3. The second kappa shape index (κ2) is 11.1. The van der Waals surface area contributed by atoms with Gasteiger partial charge in [0, 0.05) is 4.47 Å². The molecule has 0 fully saturated rings. The molecule has 0 saturated carbocycles. The molecule has 0 spiro atoms. The highest BCUT2D eigenvalue weighted by molar-refractivity contribution is 9.10. The number of esters is 1. The second-order valence-corrected chi connectivity index (χ2v) is 9.11. The molecule has 1 aromatic heterocycles. The average Bonchev–Trinajstić information content (AvgIpc) is 3.30. The Morgan fingerprint density at radius 3 is 2.59 bits per heavy atom. The van der Waals surface area contributed by atoms with Gasteiger partial charge in [0.2, 0.25) is 0 Å². The summed E-state index contributed by atoms with van der Waals surface area (Å²) < 4.78 is 12.0. The maximum atomic E-state index is 12.1. The van der Waals surface area contributed by atoms with E-state index in [4.69, 9.17) is 9.47 Å². The SMILES string of the molecule is Cc1cc(OCC(=O)NN=Cc2ccc(OC(=O)c3cccs3)cc2)c(C(C)C)cc1Br. The van der Waals surface area contributed by atoms with Gasteiger partial charge < -0.3 is 9.47 Å². The van der Waals surface area contributed by atoms with E-state index in [1.54, 1.807) is 36.4 Å². The molecule has 0 aliphatic heterocycles. The number of nitrogens with one attached hydrogen (secondary N) is 1. The van der Waals surface area contributed by atoms with Crippen molar-refractivity contribution in [1.29, 1.82) is 0 Å². The number of nitrogens with zero attached hydrogens (tertiary/aromatic N) is 1. The quantitative estimate of drug-likeness (QED) is 0.181. The summed E-state index contributed by atoms with van der Waals surface area (Å²) in [5.74, 6) is 0.625. The zero-order chi connectivity index (χ0) is 23.1. The Morgan fingerprint density at radius 2 is 1.94 bits per heavy atom. The number of hydrogen-bond donors (Lipinski definition) is 1. The summed E-state index contributed by atoms with van der Waals surface area (Å²) in [6.45, 7) is 5.97. The van der Waals surface area contributed by atoms with Gasteiger partial charge >= 0.3 is 5.97 Å². The highest BCUT2D eigenvalue weighted by Gasteiger charge is 2.12. The number of carbonyl (C=O) groups excluding carboxylic acids is 2. The van der Waals surface area contributed by atoms with Crippen molar-refractivity contribution >= 4 is 45.4 Å². The van der Waals surface area contributed by atoms with Gasteiger partial charge in [-0.05, 0) is 77.4 Å². The van der Waals surface area contributed by atoms with Crippen LogP contribution in [0.15, 0.2) is 63.5 Å². The molecule has 0 aliphatic carbocycles. The smallest absolute Gasteiger partial charge is 0.353 e. The van der Waals surface area contributed by atoms with Crippen LogP contribution in [0.4, 0.5) is 0 Å². The number of hydrogen-bond acceptors (Lipinski definition) is 6. The zero-order valence-electron chi connectivity index (χ0n) is 17.9. The van der Waals surface area contributed by atoms with Crippen molar-refractivity contribution in [2.45, 2.75) is 26.7 Å². The molecule has 0 bridgehead atoms. The summed E-state index contributed by atoms with van der Waals surface area (Å²) in [6, 6.07) is 14.3. The van der Waals surface area contributed by atoms with Crippen molar-refractivity contribution in [1.82, 2.24) is 5.43 Å². The molecule has 0 saturated heterocycles. The number of ether oxygens (including phenoxy) is 2. The van der Waals surface area contributed by atoms with Crippen LogP contribution in [0, 0.1) is 6.92 Å². The Kier molecular flexibility index (Phi) is 8.19. The predicted octanol–water partition coefficient (Wildman–Crippen LogP) is 5.69. The molecule has 6 nitrogen and oxygen atoms in total. The maximum Gasteiger partial charge on any atom is 0.353 e. The summed E-state index contributed by atoms with van der Waals surface area (Å²) in [6.07, 6.45) is 1.51. The third kappa shape index (κ3) is 6.51. The van der Waals surface area contributed by atoms with Crippen LogP contribution in [0.1, 0.15) is 46.1 Å². The topological polar surface area (TPSA) is 77.0 Å². The predicted molar refractivity (Wildman–Crippen MR) is 130 cm³/mol. The average molecular weight is 515 g/mol. The Balaban J connectivity index is 1.50. The van der Waals surface area contributed by atoms with E-state index in [9.17, 15) is 9.59 Å². The highest BCUT2D eigenvalue weighted by Crippen LogP contribution is 2.32. The molecule has 1 N–H and O–H groups in total. The van der Waals surface area contributed by atoms with Gasteiger partial charge in [0.1, 0.15) is 16.4 Å². The molecular formula is C24H23BrN2O4S. The Labute approximate surface area is 199 Å². The van der Waals surface area contributed by atoms with Crippen LogP contribution in [0.25, 0.3) is 0 Å². The number of amides is 1. The summed E-state index contributed by atoms with van der Waals surface area (Å²) in [5, 5.41) is 5.77. The van der Waals surface area contributed by atoms with E-state index in [1.807, 2.05) is 24.4 Å². The summed E-state index contributed by atoms with van der Waals surface area (Å²) in [4.78, 5) is 24.6. The Morgan fingerprint density at radius 1 is 1.19 bits per heavy atom. The van der Waals surface area contributed by atoms with Crippen LogP contribution in [0.3, 0.4) is 0 Å². The lowest BCUT2D eigenvalue weighted by Crippen LogP contribution is -2.25. The molecule has 1 amide bonds. The third-order valence-corrected chi connectivity index (χ3v) is 6.19. The van der Waals surface area contributed by atoms with Gasteiger partial charge in [-0.3, -0.25) is 4.79 Å². The van der Waals surface area contributed by atoms with Gasteiger partial charge in [-0.1, -0.05) is 35.8 Å². The van der Waals surface area contributed by atoms with E-state index in [0.717, 1.165) is 21.2 Å². The second-order valence-electron chi connectivity index (χ2n) is 7.31. The lowest BCUT2D eigenvalue weighted by molar-refractivity contribution is -0.123. The van der Waals surface area contributed by atoms with Crippen LogP contribution >= 0.6 is 27.3 Å². The lowest BCUT2D eigenvalue weighted by atomic mass is 10.0. The molecule has 0 unspecified atom stereocenters. The Bertz CT molecular complexity index is 1110. The summed E-state index contributed by atoms with van der Waals surface area (Å²) in [5.41, 5.74) is 5.26. The largest absolute Gasteiger partial charge is 0.483 e. The first kappa shape index (κ1) is 23.7. The maximum absolute atomic E-state index is 12.1. The lowest BCUT2D eigenvalue weighted by Gasteiger charge is -2.15. The molecule has 3 rings (SSSR count). The van der Waals surface area contributed by atoms with Crippen LogP contribution in [0.2, 0.25) is 0 Å². The van der Waals surface area contributed by atoms with Gasteiger partial charge in [-0.25, -0.2) is 10.2 Å². The fourth-order valence-corrected chi connectivity index (χ4v) is 3.73. The number of halogens is 1. The number of aryl methyl sites for hydroxylation is 1. The fraction of sp³-hybridized carbons (Fsp3) is 0.208. The summed E-state index contributed by atoms with van der Waals surface area (Å²) in [7, 11) is 0. The fourth-order valence-electron chi connectivity index (χ4n) is 2.77. The van der Waals surface area contributed by atoms with Crippen LogP contribution in [0.5, 0.6) is 11.5 Å². The Hall–Kier alpha value is -2.97. The standard InChI is InChI=1S/C24H23BrN2O4S/c1-15(2)19-12-20(25)16(3)11-21(19)30-14-23(28)27-26-13-17-6-8-18(9-7-17)31-24(29)22-5-4-10-32-22/h4-13,15H,14H2,1-3H3,(H,27,28). The monoisotopic (exact) mass is 514 g/mol. The molecule has 32 heavy (non-hydrogen) atoms. The van der Waals surface area contributed by atoms with Crippen molar-refractivity contribution in [3.05, 3.63) is 80.0 Å². The minimum absolute atomic E-state index is 0.143. The van der Waals surface area contributed by atoms with Crippen LogP contribution in [-0.2, 0) is 4.79 Å². The molecule has 0 atom stereocenters. The highest BCUT2D eigenvalue weighted by atomic mass is 79.9. The summed E-state index contributed by atoms with van der Waals surface area (Å²) >= 11 is 4.86. The first-order chi connectivity index (χ1) is 15.3. The van der Waals surface area contributed by atoms with Crippen molar-refractivity contribution in [3.63, 3.8) is 0 Å². The molecule has 8 heteroatoms. The number of hydrazone groups is 1. The van der Waals surface area contributed by atoms with E-state index in [1.165, 1.54) is 17.6 Å². The van der Waals surface area contributed by atoms with Crippen molar-refractivity contribution in [2.75, 3.05) is 6.61 Å². The van der Waals surface area contributed by atoms with E-state index in [0.29, 0.717) is 16.4 Å².